The Balaban J connectivity index is 0.910. The molecular formula is C32H39N3O2. The Kier molecular flexibility index (Phi) is 7.41. The number of aromatic nitrogens is 2. The van der Waals surface area contributed by atoms with Crippen LogP contribution in [0.5, 0.6) is 5.75 Å². The Morgan fingerprint density at radius 2 is 1.70 bits per heavy atom. The average molecular weight is 498 g/mol. The molecule has 1 aromatic heterocycles. The first-order valence-electron chi connectivity index (χ1n) is 14.3. The summed E-state index contributed by atoms with van der Waals surface area (Å²) < 4.78 is 7.61. The van der Waals surface area contributed by atoms with Crippen molar-refractivity contribution in [2.24, 2.45) is 11.8 Å². The number of ether oxygens (including phenoxy) is 1. The molecule has 3 heterocycles. The van der Waals surface area contributed by atoms with E-state index in [1.807, 2.05) is 41.2 Å². The van der Waals surface area contributed by atoms with Crippen LogP contribution in [0, 0.1) is 11.8 Å². The molecule has 3 aromatic rings. The van der Waals surface area contributed by atoms with E-state index in [2.05, 4.69) is 28.2 Å². The first-order chi connectivity index (χ1) is 18.2. The van der Waals surface area contributed by atoms with Gasteiger partial charge in [0.05, 0.1) is 12.3 Å². The molecule has 0 unspecified atom stereocenters. The molecule has 0 spiro atoms. The Morgan fingerprint density at radius 3 is 2.46 bits per heavy atom. The second-order valence-electron chi connectivity index (χ2n) is 11.3. The topological polar surface area (TPSA) is 47.4 Å². The van der Waals surface area contributed by atoms with Crippen molar-refractivity contribution in [2.75, 3.05) is 26.2 Å². The maximum atomic E-state index is 12.9. The van der Waals surface area contributed by atoms with E-state index in [1.165, 1.54) is 70.1 Å². The summed E-state index contributed by atoms with van der Waals surface area (Å²) in [7, 11) is 0. The quantitative estimate of drug-likeness (QED) is 0.335. The number of ketones is 1. The van der Waals surface area contributed by atoms with Crippen molar-refractivity contribution in [3.63, 3.8) is 0 Å². The molecule has 3 aliphatic rings. The van der Waals surface area contributed by atoms with Crippen LogP contribution in [0.25, 0.3) is 5.69 Å². The zero-order valence-corrected chi connectivity index (χ0v) is 21.9. The zero-order chi connectivity index (χ0) is 25.0. The molecule has 1 aliphatic carbocycles. The molecule has 0 bridgehead atoms. The predicted molar refractivity (Wildman–Crippen MR) is 147 cm³/mol. The molecule has 0 atom stereocenters. The lowest BCUT2D eigenvalue weighted by molar-refractivity contribution is 0.0939. The van der Waals surface area contributed by atoms with Gasteiger partial charge in [-0.25, -0.2) is 4.68 Å². The second-order valence-corrected chi connectivity index (χ2v) is 11.3. The van der Waals surface area contributed by atoms with Gasteiger partial charge in [-0.3, -0.25) is 4.79 Å². The SMILES string of the molecule is O=C(CC1CCC(CCN2CCC(c3cccc4c3CCO4)CC2)CC1)c1ccc(-n2cccn2)cc1. The van der Waals surface area contributed by atoms with Crippen LogP contribution in [0.4, 0.5) is 0 Å². The van der Waals surface area contributed by atoms with Gasteiger partial charge < -0.3 is 9.64 Å². The van der Waals surface area contributed by atoms with Crippen LogP contribution in [0.1, 0.15) is 78.8 Å². The molecule has 1 saturated heterocycles. The number of carbonyl (C=O) groups excluding carboxylic acids is 1. The maximum absolute atomic E-state index is 12.9. The van der Waals surface area contributed by atoms with Crippen molar-refractivity contribution in [1.82, 2.24) is 14.7 Å². The summed E-state index contributed by atoms with van der Waals surface area (Å²) >= 11 is 0. The summed E-state index contributed by atoms with van der Waals surface area (Å²) in [6.07, 6.45) is 14.3. The van der Waals surface area contributed by atoms with E-state index in [4.69, 9.17) is 4.74 Å². The van der Waals surface area contributed by atoms with Gasteiger partial charge in [0.25, 0.3) is 0 Å². The second kappa shape index (κ2) is 11.2. The Bertz CT molecular complexity index is 1170. The molecule has 6 rings (SSSR count). The van der Waals surface area contributed by atoms with Crippen LogP contribution in [0.15, 0.2) is 60.9 Å². The number of benzene rings is 2. The van der Waals surface area contributed by atoms with Crippen LogP contribution >= 0.6 is 0 Å². The van der Waals surface area contributed by atoms with Crippen LogP contribution in [0.3, 0.4) is 0 Å². The van der Waals surface area contributed by atoms with Crippen LogP contribution < -0.4 is 4.74 Å². The minimum Gasteiger partial charge on any atom is -0.493 e. The van der Waals surface area contributed by atoms with E-state index in [9.17, 15) is 4.79 Å². The number of likely N-dealkylation sites (tertiary alicyclic amines) is 1. The van der Waals surface area contributed by atoms with Crippen molar-refractivity contribution in [2.45, 2.75) is 63.7 Å². The number of hydrogen-bond acceptors (Lipinski definition) is 4. The van der Waals surface area contributed by atoms with Gasteiger partial charge in [-0.05, 0) is 111 Å². The summed E-state index contributed by atoms with van der Waals surface area (Å²) in [5, 5.41) is 4.26. The van der Waals surface area contributed by atoms with Gasteiger partial charge in [0.1, 0.15) is 5.75 Å². The lowest BCUT2D eigenvalue weighted by Crippen LogP contribution is -2.35. The molecule has 0 N–H and O–H groups in total. The molecule has 2 aliphatic heterocycles. The minimum absolute atomic E-state index is 0.286. The number of Topliss-reactive ketones (excluding diaryl/α,β-unsaturated/α-hetero) is 1. The van der Waals surface area contributed by atoms with E-state index in [0.717, 1.165) is 35.9 Å². The summed E-state index contributed by atoms with van der Waals surface area (Å²) in [4.78, 5) is 15.6. The Hall–Kier alpha value is -2.92. The number of piperidine rings is 1. The van der Waals surface area contributed by atoms with E-state index < -0.39 is 0 Å². The molecule has 5 nitrogen and oxygen atoms in total. The summed E-state index contributed by atoms with van der Waals surface area (Å²) in [5.41, 5.74) is 4.85. The lowest BCUT2D eigenvalue weighted by atomic mass is 9.78. The third-order valence-corrected chi connectivity index (χ3v) is 9.06. The van der Waals surface area contributed by atoms with E-state index in [-0.39, 0.29) is 5.78 Å². The number of fused-ring (bicyclic) bond motifs is 1. The van der Waals surface area contributed by atoms with Crippen molar-refractivity contribution >= 4 is 5.78 Å². The molecule has 0 radical (unpaired) electrons. The van der Waals surface area contributed by atoms with Crippen molar-refractivity contribution in [3.05, 3.63) is 77.6 Å². The van der Waals surface area contributed by atoms with Crippen LogP contribution in [0.2, 0.25) is 0 Å². The standard InChI is InChI=1S/C32H39N3O2/c36-31(27-9-11-28(12-10-27)35-18-2-17-33-35)23-25-7-5-24(6-8-25)13-19-34-20-14-26(15-21-34)29-3-1-4-32-30(29)16-22-37-32/h1-4,9-12,17-18,24-26H,5-8,13-16,19-23H2. The zero-order valence-electron chi connectivity index (χ0n) is 21.9. The highest BCUT2D eigenvalue weighted by molar-refractivity contribution is 5.96. The summed E-state index contributed by atoms with van der Waals surface area (Å²) in [6.45, 7) is 4.53. The highest BCUT2D eigenvalue weighted by atomic mass is 16.5. The maximum Gasteiger partial charge on any atom is 0.163 e. The lowest BCUT2D eigenvalue weighted by Gasteiger charge is -2.35. The predicted octanol–water partition coefficient (Wildman–Crippen LogP) is 6.46. The van der Waals surface area contributed by atoms with Gasteiger partial charge >= 0.3 is 0 Å². The summed E-state index contributed by atoms with van der Waals surface area (Å²) in [5.74, 6) is 3.48. The third kappa shape index (κ3) is 5.67. The molecule has 5 heteroatoms. The van der Waals surface area contributed by atoms with Crippen LogP contribution in [-0.2, 0) is 6.42 Å². The number of rotatable bonds is 8. The number of hydrogen-bond donors (Lipinski definition) is 0. The highest BCUT2D eigenvalue weighted by Crippen LogP contribution is 2.38. The molecule has 194 valence electrons. The third-order valence-electron chi connectivity index (χ3n) is 9.06. The molecule has 1 saturated carbocycles. The minimum atomic E-state index is 0.286. The van der Waals surface area contributed by atoms with Gasteiger partial charge in [-0.1, -0.05) is 25.0 Å². The van der Waals surface area contributed by atoms with Crippen molar-refractivity contribution < 1.29 is 9.53 Å². The van der Waals surface area contributed by atoms with Crippen LogP contribution in [-0.4, -0.2) is 46.7 Å². The fourth-order valence-corrected chi connectivity index (χ4v) is 6.79. The average Bonchev–Trinajstić information content (AvgIpc) is 3.66. The van der Waals surface area contributed by atoms with E-state index >= 15 is 0 Å². The fraction of sp³-hybridized carbons (Fsp3) is 0.500. The van der Waals surface area contributed by atoms with Gasteiger partial charge in [-0.2, -0.15) is 5.10 Å². The largest absolute Gasteiger partial charge is 0.493 e. The van der Waals surface area contributed by atoms with E-state index in [0.29, 0.717) is 18.3 Å². The molecule has 0 amide bonds. The van der Waals surface area contributed by atoms with Gasteiger partial charge in [-0.15, -0.1) is 0 Å². The molecule has 2 fully saturated rings. The monoisotopic (exact) mass is 497 g/mol. The first kappa shape index (κ1) is 24.4. The fourth-order valence-electron chi connectivity index (χ4n) is 6.79. The Labute approximate surface area is 220 Å². The first-order valence-corrected chi connectivity index (χ1v) is 14.3. The highest BCUT2D eigenvalue weighted by Gasteiger charge is 2.27. The summed E-state index contributed by atoms with van der Waals surface area (Å²) in [6, 6.07) is 16.4. The van der Waals surface area contributed by atoms with Crippen molar-refractivity contribution in [3.8, 4) is 11.4 Å². The van der Waals surface area contributed by atoms with Crippen molar-refractivity contribution in [1.29, 1.82) is 0 Å². The van der Waals surface area contributed by atoms with Gasteiger partial charge in [0.2, 0.25) is 0 Å². The number of carbonyl (C=O) groups is 1. The van der Waals surface area contributed by atoms with Gasteiger partial charge in [0, 0.05) is 36.4 Å². The number of nitrogens with zero attached hydrogens (tertiary/aromatic N) is 3. The molecule has 37 heavy (non-hydrogen) atoms. The van der Waals surface area contributed by atoms with E-state index in [1.54, 1.807) is 11.8 Å². The molecular weight excluding hydrogens is 458 g/mol. The normalized spacial score (nSPS) is 22.5. The van der Waals surface area contributed by atoms with Gasteiger partial charge in [0.15, 0.2) is 5.78 Å². The molecule has 2 aromatic carbocycles. The smallest absolute Gasteiger partial charge is 0.163 e. The Morgan fingerprint density at radius 1 is 0.919 bits per heavy atom.